The van der Waals surface area contributed by atoms with Crippen LogP contribution in [0.2, 0.25) is 0 Å². The molecule has 4 aliphatic carbocycles. The summed E-state index contributed by atoms with van der Waals surface area (Å²) < 4.78 is 9.32. The van der Waals surface area contributed by atoms with Crippen LogP contribution in [0.5, 0.6) is 0 Å². The minimum atomic E-state index is -1.25. The van der Waals surface area contributed by atoms with E-state index < -0.39 is 41.7 Å². The average Bonchev–Trinajstić information content (AvgIpc) is 1.50. The molecule has 0 saturated carbocycles. The maximum atomic E-state index is 2.55. The zero-order valence-corrected chi connectivity index (χ0v) is 86.5. The van der Waals surface area contributed by atoms with Gasteiger partial charge in [-0.05, 0) is 11.1 Å². The summed E-state index contributed by atoms with van der Waals surface area (Å²) in [4.78, 5) is 0. The van der Waals surface area contributed by atoms with E-state index in [9.17, 15) is 0 Å². The summed E-state index contributed by atoms with van der Waals surface area (Å²) in [5.74, 6) is 0. The van der Waals surface area contributed by atoms with Crippen molar-refractivity contribution in [1.82, 2.24) is 0 Å². The average molecular weight is 1890 g/mol. The summed E-state index contributed by atoms with van der Waals surface area (Å²) in [6.07, 6.45) is 0. The number of fused-ring (bicyclic) bond motifs is 30. The fourth-order valence-corrected chi connectivity index (χ4v) is 36.2. The van der Waals surface area contributed by atoms with Crippen LogP contribution in [-0.4, -0.2) is 63.9 Å². The van der Waals surface area contributed by atoms with Crippen LogP contribution < -0.4 is 26.4 Å². The van der Waals surface area contributed by atoms with Gasteiger partial charge in [0, 0.05) is 0 Å². The Bertz CT molecular complexity index is 8580. The van der Waals surface area contributed by atoms with Gasteiger partial charge < -0.3 is 0 Å². The van der Waals surface area contributed by atoms with Crippen molar-refractivity contribution in [2.24, 2.45) is 0 Å². The molecule has 0 nitrogen and oxygen atoms in total. The Morgan fingerprint density at radius 2 is 0.431 bits per heavy atom. The monoisotopic (exact) mass is 1890 g/mol. The van der Waals surface area contributed by atoms with E-state index in [1.807, 2.05) is 0 Å². The van der Waals surface area contributed by atoms with Gasteiger partial charge in [0.05, 0.1) is 0 Å². The van der Waals surface area contributed by atoms with E-state index in [1.165, 1.54) is 252 Å². The summed E-state index contributed by atoms with van der Waals surface area (Å²) in [6, 6.07) is 172. The fourth-order valence-electron chi connectivity index (χ4n) is 25.0. The molecule has 0 unspecified atom stereocenters. The third-order valence-corrected chi connectivity index (χ3v) is 42.4. The van der Waals surface area contributed by atoms with Crippen molar-refractivity contribution in [2.75, 3.05) is 0 Å². The Hall–Kier alpha value is -13.9. The zero-order chi connectivity index (χ0) is 85.6. The van der Waals surface area contributed by atoms with Crippen LogP contribution in [-0.2, 0) is 10.8 Å². The summed E-state index contributed by atoms with van der Waals surface area (Å²) in [5.41, 5.74) is 47.5. The van der Waals surface area contributed by atoms with Crippen molar-refractivity contribution in [3.63, 3.8) is 0 Å². The van der Waals surface area contributed by atoms with E-state index in [0.717, 1.165) is 0 Å². The van der Waals surface area contributed by atoms with E-state index in [2.05, 4.69) is 449 Å². The molecule has 0 N–H and O–H groups in total. The van der Waals surface area contributed by atoms with Gasteiger partial charge in [-0.2, -0.15) is 0 Å². The number of hydrogen-bond donors (Lipinski definition) is 0. The van der Waals surface area contributed by atoms with E-state index in [1.54, 1.807) is 17.6 Å². The van der Waals surface area contributed by atoms with Crippen molar-refractivity contribution < 1.29 is 0 Å². The van der Waals surface area contributed by atoms with E-state index in [0.29, 0.717) is 33.0 Å². The first-order valence-electron chi connectivity index (χ1n) is 45.9. The second-order valence-corrected chi connectivity index (χ2v) is 48.7. The molecular weight excluding hydrogens is 1800 g/mol. The van der Waals surface area contributed by atoms with E-state index >= 15 is 0 Å². The van der Waals surface area contributed by atoms with Crippen molar-refractivity contribution in [1.29, 1.82) is 0 Å². The van der Waals surface area contributed by atoms with Gasteiger partial charge in [-0.15, -0.1) is 0 Å². The molecule has 130 heavy (non-hydrogen) atoms. The van der Waals surface area contributed by atoms with Gasteiger partial charge in [0.15, 0.2) is 0 Å². The fraction of sp³-hybridized carbons (Fsp3) is 0.0159. The predicted molar refractivity (Wildman–Crippen MR) is 565 cm³/mol. The van der Waals surface area contributed by atoms with Gasteiger partial charge in [-0.3, -0.25) is 0 Å². The molecule has 0 bridgehead atoms. The molecule has 0 aromatic heterocycles. The third kappa shape index (κ3) is 10.9. The Morgan fingerprint density at radius 1 is 0.146 bits per heavy atom. The van der Waals surface area contributed by atoms with Crippen LogP contribution in [0, 0.1) is 0 Å². The second kappa shape index (κ2) is 29.8. The molecule has 2 heterocycles. The van der Waals surface area contributed by atoms with Gasteiger partial charge in [0.25, 0.3) is 0 Å². The first kappa shape index (κ1) is 76.1. The molecule has 22 aromatic carbocycles. The minimum absolute atomic E-state index is 0.419. The summed E-state index contributed by atoms with van der Waals surface area (Å²) in [7, 11) is 0. The first-order chi connectivity index (χ1) is 64.4. The Kier molecular flexibility index (Phi) is 17.5. The summed E-state index contributed by atoms with van der Waals surface area (Å²) in [6.45, 7) is 0. The Morgan fingerprint density at radius 3 is 0.923 bits per heavy atom. The molecule has 2 spiro atoms. The van der Waals surface area contributed by atoms with Crippen LogP contribution in [0.25, 0.3) is 199 Å². The molecule has 28 rings (SSSR count). The molecule has 0 atom stereocenters. The molecule has 0 fully saturated rings. The third-order valence-electron chi connectivity index (χ3n) is 30.2. The van der Waals surface area contributed by atoms with Gasteiger partial charge in [-0.25, -0.2) is 0 Å². The molecular formula is C126H84Ge4. The summed E-state index contributed by atoms with van der Waals surface area (Å²) >= 11 is -1.26. The standard InChI is InChI=1S/2C63H42Ge2/c64-58-34-9-4-18-41(58)39-17-11-16-38(36-39)40-23-12-25-46-52(40)37-53-42(48-27-14-28-49-45-21-5-10-35-59(45)65-62(48)49)24-13-26-47(53)60(46)51-29-15-33-57-61(51)50-22-3-8-32-56(50)63(57)54-30-6-1-19-43(54)44-20-2-7-31-55(44)63;64-57-34-11-6-21-44(57)39-18-2-1-17-38(39)40-24-13-26-46-51(40)37-52-41(45-28-16-36-59-62(45)49-23-7-12-35-58(49)65-59)25-14-27-47(52)60(46)50-29-15-33-56-61(50)48-22-5-10-32-55(48)63(56)53-30-8-3-19-42(53)43-20-4-9-31-54(43)63/h2*1-37H,65H2,64H3. The molecule has 0 saturated heterocycles. The Balaban J connectivity index is 0.000000134. The van der Waals surface area contributed by atoms with Gasteiger partial charge in [-0.1, -0.05) is 91.0 Å². The van der Waals surface area contributed by atoms with Gasteiger partial charge in [0.1, 0.15) is 0 Å². The van der Waals surface area contributed by atoms with Crippen molar-refractivity contribution >= 4 is 133 Å². The van der Waals surface area contributed by atoms with Crippen molar-refractivity contribution in [3.8, 4) is 156 Å². The predicted octanol–water partition coefficient (Wildman–Crippen LogP) is 24.2. The van der Waals surface area contributed by atoms with Crippen molar-refractivity contribution in [2.45, 2.75) is 10.8 Å². The van der Waals surface area contributed by atoms with Gasteiger partial charge >= 0.3 is 691 Å². The molecule has 22 aromatic rings. The zero-order valence-electron chi connectivity index (χ0n) is 72.1. The quantitative estimate of drug-likeness (QED) is 0.105. The van der Waals surface area contributed by atoms with Crippen LogP contribution in [0.3, 0.4) is 0 Å². The molecule has 604 valence electrons. The van der Waals surface area contributed by atoms with E-state index in [4.69, 9.17) is 0 Å². The maximum absolute atomic E-state index is 2.55. The molecule has 0 amide bonds. The summed E-state index contributed by atoms with van der Waals surface area (Å²) in [5, 5.41) is 10.3. The number of hydrogen-bond acceptors (Lipinski definition) is 0. The van der Waals surface area contributed by atoms with Crippen LogP contribution in [0.1, 0.15) is 44.5 Å². The second-order valence-electron chi connectivity index (χ2n) is 36.4. The SMILES string of the molecule is [GeH3][c]1ccccc1-c1cccc(-c2cccc3c(-c4cccc5c4-c4ccccc4C54c5ccccc5-c5ccccc54)c4cccc(-c5cccc6[c]5[GeH2][c]5ccccc5-6)c4cc23)c1.[GeH3][c]1ccccc1-c1ccccc1-c1cccc2c(-c3cccc4c3-c3ccccc3C43c4ccccc4-c4ccccc43)c3cccc(-c4ccc[c]5c4-c4cccc[c]4[GeH2]5)c3cc12. The van der Waals surface area contributed by atoms with Crippen LogP contribution in [0.4, 0.5) is 0 Å². The molecule has 0 radical (unpaired) electrons. The normalized spacial score (nSPS) is 13.8. The van der Waals surface area contributed by atoms with E-state index in [-0.39, 0.29) is 0 Å². The Labute approximate surface area is 786 Å². The van der Waals surface area contributed by atoms with Crippen LogP contribution >= 0.6 is 0 Å². The number of benzene rings is 22. The molecule has 2 aliphatic heterocycles. The van der Waals surface area contributed by atoms with Crippen molar-refractivity contribution in [3.05, 3.63) is 493 Å². The first-order valence-corrected chi connectivity index (χ1v) is 56.1. The number of rotatable bonds is 8. The topological polar surface area (TPSA) is 0 Å². The molecule has 4 heteroatoms. The molecule has 6 aliphatic rings. The van der Waals surface area contributed by atoms with Gasteiger partial charge in [0.2, 0.25) is 0 Å². The van der Waals surface area contributed by atoms with Crippen LogP contribution in [0.15, 0.2) is 449 Å².